The van der Waals surface area contributed by atoms with Crippen molar-refractivity contribution in [3.8, 4) is 17.6 Å². The highest BCUT2D eigenvalue weighted by Gasteiger charge is 2.51. The van der Waals surface area contributed by atoms with Crippen LogP contribution in [0, 0.1) is 35.0 Å². The first-order chi connectivity index (χ1) is 24.0. The second kappa shape index (κ2) is 15.5. The molecule has 3 nitrogen and oxygen atoms in total. The smallest absolute Gasteiger partial charge is 0.250 e. The summed E-state index contributed by atoms with van der Waals surface area (Å²) in [7, 11) is -5.80. The summed E-state index contributed by atoms with van der Waals surface area (Å²) < 4.78 is 20.9. The van der Waals surface area contributed by atoms with Crippen LogP contribution < -0.4 is 4.43 Å². The molecule has 0 spiro atoms. The quantitative estimate of drug-likeness (QED) is 0.185. The molecule has 3 aliphatic carbocycles. The highest BCUT2D eigenvalue weighted by molar-refractivity contribution is 6.75. The lowest BCUT2D eigenvalue weighted by molar-refractivity contribution is 0.0988. The Balaban J connectivity index is 1.56. The third kappa shape index (κ3) is 9.61. The van der Waals surface area contributed by atoms with Gasteiger partial charge in [0.25, 0.3) is 0 Å². The number of rotatable bonds is 9. The van der Waals surface area contributed by atoms with E-state index in [0.29, 0.717) is 23.7 Å². The Morgan fingerprint density at radius 1 is 0.755 bits per heavy atom. The van der Waals surface area contributed by atoms with E-state index in [4.69, 9.17) is 13.3 Å². The van der Waals surface area contributed by atoms with Gasteiger partial charge in [-0.3, -0.25) is 0 Å². The van der Waals surface area contributed by atoms with Crippen molar-refractivity contribution in [2.24, 2.45) is 23.2 Å². The van der Waals surface area contributed by atoms with Crippen molar-refractivity contribution in [2.75, 3.05) is 0 Å². The van der Waals surface area contributed by atoms with Crippen LogP contribution >= 0.6 is 0 Å². The fourth-order valence-electron chi connectivity index (χ4n) is 8.49. The van der Waals surface area contributed by atoms with Gasteiger partial charge in [0.05, 0.1) is 12.2 Å². The molecule has 3 aliphatic rings. The second-order valence-corrected chi connectivity index (χ2v) is 36.5. The van der Waals surface area contributed by atoms with E-state index in [2.05, 4.69) is 171 Å². The molecule has 7 atom stereocenters. The van der Waals surface area contributed by atoms with E-state index in [0.717, 1.165) is 25.0 Å². The highest BCUT2D eigenvalue weighted by atomic mass is 28.4. The Kier molecular flexibility index (Phi) is 13.0. The first kappa shape index (κ1) is 44.3. The molecule has 0 heterocycles. The minimum atomic E-state index is -1.99. The largest absolute Gasteiger partial charge is 0.544 e. The van der Waals surface area contributed by atoms with E-state index in [1.54, 1.807) is 0 Å². The Bertz CT molecular complexity index is 1570. The Morgan fingerprint density at radius 2 is 1.30 bits per heavy atom. The lowest BCUT2D eigenvalue weighted by atomic mass is 9.60. The predicted molar refractivity (Wildman–Crippen MR) is 237 cm³/mol. The van der Waals surface area contributed by atoms with Gasteiger partial charge in [-0.1, -0.05) is 113 Å². The van der Waals surface area contributed by atoms with Crippen LogP contribution in [0.25, 0.3) is 0 Å². The molecule has 0 N–H and O–H groups in total. The average Bonchev–Trinajstić information content (AvgIpc) is 3.36. The SMILES string of the molecule is CC1=C(C#CC2=CCC[C@]3(C)[C@@H]([C@H](C)C(C)c4ccc(O[Si](C)(C)C(C)(C)C)cc4)CC[C@@H]23)CC(O[Si](C)(C)C(C)(C)C)C[C@@H]1O[Si](C)(C)C(C)(C)C. The molecule has 0 bridgehead atoms. The van der Waals surface area contributed by atoms with Crippen molar-refractivity contribution in [3.05, 3.63) is 52.6 Å². The van der Waals surface area contributed by atoms with E-state index in [1.165, 1.54) is 41.5 Å². The monoisotopic (exact) mass is 777 g/mol. The predicted octanol–water partition coefficient (Wildman–Crippen LogP) is 14.5. The van der Waals surface area contributed by atoms with Crippen LogP contribution in [-0.4, -0.2) is 37.2 Å². The van der Waals surface area contributed by atoms with Gasteiger partial charge in [0.15, 0.2) is 16.6 Å². The molecule has 4 rings (SSSR count). The van der Waals surface area contributed by atoms with Crippen molar-refractivity contribution >= 4 is 25.0 Å². The molecule has 1 saturated carbocycles. The Hall–Kier alpha value is -1.37. The molecule has 0 amide bonds. The third-order valence-electron chi connectivity index (χ3n) is 15.6. The molecule has 0 saturated heterocycles. The normalized spacial score (nSPS) is 27.4. The van der Waals surface area contributed by atoms with E-state index in [-0.39, 0.29) is 32.7 Å². The lowest BCUT2D eigenvalue weighted by Gasteiger charge is -2.45. The molecule has 1 fully saturated rings. The summed E-state index contributed by atoms with van der Waals surface area (Å²) in [5.41, 5.74) is 5.69. The van der Waals surface area contributed by atoms with Crippen LogP contribution in [0.4, 0.5) is 0 Å². The standard InChI is InChI=1S/C47H80O3Si3/c1-33(36-24-26-39(27-25-36)48-51(14,15)44(4,5)6)34(2)41-28-29-42-37(21-20-30-47(41,42)13)22-23-38-31-40(49-52(16,17)45(7,8)9)32-43(35(38)3)50-53(18,19)46(10,11)12/h21,24-27,33-34,40-43H,20,28-32H2,1-19H3/t33?,34-,40?,41-,42+,43+,47-/m1/s1. The molecule has 6 heteroatoms. The van der Waals surface area contributed by atoms with Gasteiger partial charge in [-0.05, 0) is 139 Å². The van der Waals surface area contributed by atoms with Crippen LogP contribution in [0.1, 0.15) is 140 Å². The van der Waals surface area contributed by atoms with Crippen LogP contribution in [-0.2, 0) is 8.85 Å². The van der Waals surface area contributed by atoms with Crippen LogP contribution in [0.2, 0.25) is 54.4 Å². The van der Waals surface area contributed by atoms with Crippen molar-refractivity contribution < 1.29 is 13.3 Å². The minimum Gasteiger partial charge on any atom is -0.544 e. The molecule has 0 aromatic heterocycles. The minimum absolute atomic E-state index is 0.0696. The zero-order valence-electron chi connectivity index (χ0n) is 37.8. The summed E-state index contributed by atoms with van der Waals surface area (Å²) in [5, 5.41) is 0.507. The maximum Gasteiger partial charge on any atom is 0.250 e. The van der Waals surface area contributed by atoms with Crippen molar-refractivity contribution in [1.29, 1.82) is 0 Å². The summed E-state index contributed by atoms with van der Waals surface area (Å²) >= 11 is 0. The van der Waals surface area contributed by atoms with E-state index in [9.17, 15) is 0 Å². The van der Waals surface area contributed by atoms with Gasteiger partial charge in [0.2, 0.25) is 8.32 Å². The maximum absolute atomic E-state index is 7.16. The topological polar surface area (TPSA) is 27.7 Å². The maximum atomic E-state index is 7.16. The molecule has 1 aromatic rings. The third-order valence-corrected chi connectivity index (χ3v) is 29.0. The summed E-state index contributed by atoms with van der Waals surface area (Å²) in [5.74, 6) is 11.0. The Morgan fingerprint density at radius 3 is 1.85 bits per heavy atom. The first-order valence-corrected chi connectivity index (χ1v) is 29.8. The van der Waals surface area contributed by atoms with Crippen LogP contribution in [0.5, 0.6) is 5.75 Å². The zero-order chi connectivity index (χ0) is 40.2. The van der Waals surface area contributed by atoms with Gasteiger partial charge >= 0.3 is 0 Å². The molecule has 0 radical (unpaired) electrons. The first-order valence-electron chi connectivity index (χ1n) is 21.1. The fraction of sp³-hybridized carbons (Fsp3) is 0.745. The molecule has 1 aromatic carbocycles. The number of hydrogen-bond donors (Lipinski definition) is 0. The summed E-state index contributed by atoms with van der Waals surface area (Å²) in [4.78, 5) is 0. The highest BCUT2D eigenvalue weighted by Crippen LogP contribution is 2.59. The van der Waals surface area contributed by atoms with E-state index in [1.807, 2.05) is 0 Å². The molecular formula is C47H80O3Si3. The number of hydrogen-bond acceptors (Lipinski definition) is 3. The average molecular weight is 777 g/mol. The molecule has 0 aliphatic heterocycles. The number of allylic oxidation sites excluding steroid dienone is 2. The van der Waals surface area contributed by atoms with E-state index < -0.39 is 25.0 Å². The second-order valence-electron chi connectivity index (χ2n) is 22.2. The van der Waals surface area contributed by atoms with Crippen LogP contribution in [0.3, 0.4) is 0 Å². The fourth-order valence-corrected chi connectivity index (χ4v) is 12.2. The molecule has 2 unspecified atom stereocenters. The molecule has 298 valence electrons. The van der Waals surface area contributed by atoms with Crippen molar-refractivity contribution in [2.45, 2.75) is 201 Å². The molecule has 53 heavy (non-hydrogen) atoms. The lowest BCUT2D eigenvalue weighted by Crippen LogP contribution is -2.49. The van der Waals surface area contributed by atoms with Gasteiger partial charge in [0, 0.05) is 24.0 Å². The number of benzene rings is 1. The van der Waals surface area contributed by atoms with Gasteiger partial charge in [-0.15, -0.1) is 0 Å². The molecular weight excluding hydrogens is 697 g/mol. The summed E-state index contributed by atoms with van der Waals surface area (Å²) in [6, 6.07) is 9.11. The van der Waals surface area contributed by atoms with Crippen LogP contribution in [0.15, 0.2) is 47.1 Å². The van der Waals surface area contributed by atoms with Gasteiger partial charge in [-0.2, -0.15) is 0 Å². The summed E-state index contributed by atoms with van der Waals surface area (Å²) in [6.45, 7) is 45.1. The summed E-state index contributed by atoms with van der Waals surface area (Å²) in [6.07, 6.45) is 9.45. The van der Waals surface area contributed by atoms with Crippen molar-refractivity contribution in [1.82, 2.24) is 0 Å². The van der Waals surface area contributed by atoms with E-state index >= 15 is 0 Å². The van der Waals surface area contributed by atoms with Gasteiger partial charge in [0.1, 0.15) is 5.75 Å². The number of fused-ring (bicyclic) bond motifs is 1. The van der Waals surface area contributed by atoms with Gasteiger partial charge < -0.3 is 13.3 Å². The Labute approximate surface area is 331 Å². The zero-order valence-corrected chi connectivity index (χ0v) is 40.8. The van der Waals surface area contributed by atoms with Gasteiger partial charge in [-0.25, -0.2) is 0 Å². The van der Waals surface area contributed by atoms with Crippen molar-refractivity contribution in [3.63, 3.8) is 0 Å².